The summed E-state index contributed by atoms with van der Waals surface area (Å²) >= 11 is 0. The molecule has 0 aliphatic carbocycles. The number of rotatable bonds is 2. The molecule has 0 bridgehead atoms. The Hall–Kier alpha value is -0.610. The lowest BCUT2D eigenvalue weighted by molar-refractivity contribution is -0.124. The van der Waals surface area contributed by atoms with E-state index >= 15 is 0 Å². The van der Waals surface area contributed by atoms with E-state index in [0.717, 1.165) is 39.3 Å². The van der Waals surface area contributed by atoms with Crippen molar-refractivity contribution < 1.29 is 9.53 Å². The summed E-state index contributed by atoms with van der Waals surface area (Å²) in [5, 5.41) is 2.83. The number of hydrogen-bond acceptors (Lipinski definition) is 3. The lowest BCUT2D eigenvalue weighted by Gasteiger charge is -2.28. The van der Waals surface area contributed by atoms with Crippen LogP contribution in [0, 0.1) is 5.92 Å². The van der Waals surface area contributed by atoms with Crippen molar-refractivity contribution in [1.29, 1.82) is 0 Å². The molecule has 13 heavy (non-hydrogen) atoms. The number of carbonyl (C=O) groups excluding carboxylic acids is 1. The van der Waals surface area contributed by atoms with E-state index in [1.165, 1.54) is 0 Å². The zero-order chi connectivity index (χ0) is 9.10. The zero-order valence-corrected chi connectivity index (χ0v) is 7.79. The van der Waals surface area contributed by atoms with Gasteiger partial charge < -0.3 is 10.1 Å². The van der Waals surface area contributed by atoms with Crippen molar-refractivity contribution >= 4 is 5.91 Å². The molecule has 4 heteroatoms. The summed E-state index contributed by atoms with van der Waals surface area (Å²) in [7, 11) is 0. The molecule has 2 aliphatic heterocycles. The summed E-state index contributed by atoms with van der Waals surface area (Å²) in [5.74, 6) is 0.802. The van der Waals surface area contributed by atoms with Gasteiger partial charge in [-0.3, -0.25) is 9.69 Å². The van der Waals surface area contributed by atoms with Crippen LogP contribution in [0.1, 0.15) is 6.42 Å². The molecule has 2 rings (SSSR count). The second-order valence-electron chi connectivity index (χ2n) is 3.81. The molecule has 0 aromatic heterocycles. The highest BCUT2D eigenvalue weighted by Gasteiger charge is 2.22. The van der Waals surface area contributed by atoms with Crippen LogP contribution in [0.4, 0.5) is 0 Å². The van der Waals surface area contributed by atoms with Gasteiger partial charge in [0.2, 0.25) is 5.91 Å². The van der Waals surface area contributed by atoms with Crippen LogP contribution >= 0.6 is 0 Å². The lowest BCUT2D eigenvalue weighted by atomic mass is 10.1. The molecule has 0 radical (unpaired) electrons. The number of amides is 1. The van der Waals surface area contributed by atoms with E-state index in [2.05, 4.69) is 10.2 Å². The first-order valence-corrected chi connectivity index (χ1v) is 4.91. The molecular weight excluding hydrogens is 168 g/mol. The summed E-state index contributed by atoms with van der Waals surface area (Å²) in [4.78, 5) is 13.3. The van der Waals surface area contributed by atoms with Gasteiger partial charge in [-0.15, -0.1) is 0 Å². The minimum atomic E-state index is 0.158. The van der Waals surface area contributed by atoms with Gasteiger partial charge in [0.05, 0.1) is 13.2 Å². The molecule has 1 N–H and O–H groups in total. The van der Waals surface area contributed by atoms with Crippen LogP contribution in [-0.4, -0.2) is 50.2 Å². The maximum Gasteiger partial charge on any atom is 0.234 e. The van der Waals surface area contributed by atoms with Crippen LogP contribution in [0.5, 0.6) is 0 Å². The third-order valence-corrected chi connectivity index (χ3v) is 2.66. The second kappa shape index (κ2) is 4.07. The molecule has 1 atom stereocenters. The van der Waals surface area contributed by atoms with Gasteiger partial charge in [0.1, 0.15) is 0 Å². The molecule has 4 nitrogen and oxygen atoms in total. The highest BCUT2D eigenvalue weighted by molar-refractivity contribution is 5.78. The third-order valence-electron chi connectivity index (χ3n) is 2.66. The molecule has 0 aromatic rings. The molecular formula is C9H16N2O2. The minimum absolute atomic E-state index is 0.158. The maximum atomic E-state index is 11.1. The maximum absolute atomic E-state index is 11.1. The summed E-state index contributed by atoms with van der Waals surface area (Å²) in [6, 6.07) is 0. The van der Waals surface area contributed by atoms with Gasteiger partial charge in [-0.25, -0.2) is 0 Å². The van der Waals surface area contributed by atoms with Gasteiger partial charge in [0, 0.05) is 26.2 Å². The van der Waals surface area contributed by atoms with E-state index in [9.17, 15) is 4.79 Å². The monoisotopic (exact) mass is 184 g/mol. The fraction of sp³-hybridized carbons (Fsp3) is 0.889. The highest BCUT2D eigenvalue weighted by atomic mass is 16.5. The molecule has 74 valence electrons. The predicted octanol–water partition coefficient (Wildman–Crippen LogP) is -0.545. The topological polar surface area (TPSA) is 41.6 Å². The van der Waals surface area contributed by atoms with Gasteiger partial charge in [-0.05, 0) is 12.3 Å². The van der Waals surface area contributed by atoms with Crippen LogP contribution in [0.3, 0.4) is 0 Å². The SMILES string of the molecule is O=C1CN(CC2CCOC2)CCN1. The van der Waals surface area contributed by atoms with Crippen molar-refractivity contribution in [2.24, 2.45) is 5.92 Å². The van der Waals surface area contributed by atoms with Crippen molar-refractivity contribution in [3.63, 3.8) is 0 Å². The van der Waals surface area contributed by atoms with E-state index in [0.29, 0.717) is 12.5 Å². The first-order chi connectivity index (χ1) is 6.34. The second-order valence-corrected chi connectivity index (χ2v) is 3.81. The first-order valence-electron chi connectivity index (χ1n) is 4.91. The summed E-state index contributed by atoms with van der Waals surface area (Å²) < 4.78 is 5.30. The molecule has 2 fully saturated rings. The number of nitrogens with zero attached hydrogens (tertiary/aromatic N) is 1. The van der Waals surface area contributed by atoms with Crippen molar-refractivity contribution in [1.82, 2.24) is 10.2 Å². The Labute approximate surface area is 78.2 Å². The smallest absolute Gasteiger partial charge is 0.234 e. The van der Waals surface area contributed by atoms with Crippen molar-refractivity contribution in [2.45, 2.75) is 6.42 Å². The van der Waals surface area contributed by atoms with E-state index < -0.39 is 0 Å². The third kappa shape index (κ3) is 2.42. The van der Waals surface area contributed by atoms with E-state index in [1.54, 1.807) is 0 Å². The number of carbonyl (C=O) groups is 1. The average Bonchev–Trinajstić information content (AvgIpc) is 2.57. The number of piperazine rings is 1. The Kier molecular flexibility index (Phi) is 2.80. The van der Waals surface area contributed by atoms with Crippen LogP contribution in [0.2, 0.25) is 0 Å². The van der Waals surface area contributed by atoms with Crippen LogP contribution < -0.4 is 5.32 Å². The van der Waals surface area contributed by atoms with Crippen molar-refractivity contribution in [3.05, 3.63) is 0 Å². The fourth-order valence-electron chi connectivity index (χ4n) is 1.94. The van der Waals surface area contributed by atoms with Gasteiger partial charge in [0.15, 0.2) is 0 Å². The normalized spacial score (nSPS) is 30.5. The molecule has 1 unspecified atom stereocenters. The number of ether oxygens (including phenoxy) is 1. The number of nitrogens with one attached hydrogen (secondary N) is 1. The molecule has 0 aromatic carbocycles. The summed E-state index contributed by atoms with van der Waals surface area (Å²) in [6.07, 6.45) is 1.15. The molecule has 2 aliphatic rings. The van der Waals surface area contributed by atoms with Gasteiger partial charge >= 0.3 is 0 Å². The molecule has 2 heterocycles. The molecule has 2 saturated heterocycles. The molecule has 1 amide bonds. The van der Waals surface area contributed by atoms with Crippen molar-refractivity contribution in [3.8, 4) is 0 Å². The largest absolute Gasteiger partial charge is 0.381 e. The summed E-state index contributed by atoms with van der Waals surface area (Å²) in [5.41, 5.74) is 0. The van der Waals surface area contributed by atoms with Crippen LogP contribution in [0.15, 0.2) is 0 Å². The predicted molar refractivity (Wildman–Crippen MR) is 48.4 cm³/mol. The standard InChI is InChI=1S/C9H16N2O2/c12-9-6-11(3-2-10-9)5-8-1-4-13-7-8/h8H,1-7H2,(H,10,12). The first kappa shape index (κ1) is 8.97. The van der Waals surface area contributed by atoms with E-state index in [-0.39, 0.29) is 5.91 Å². The van der Waals surface area contributed by atoms with E-state index in [4.69, 9.17) is 4.74 Å². The zero-order valence-electron chi connectivity index (χ0n) is 7.79. The summed E-state index contributed by atoms with van der Waals surface area (Å²) in [6.45, 7) is 5.14. The van der Waals surface area contributed by atoms with Gasteiger partial charge in [-0.2, -0.15) is 0 Å². The lowest BCUT2D eigenvalue weighted by Crippen LogP contribution is -2.49. The van der Waals surface area contributed by atoms with Crippen molar-refractivity contribution in [2.75, 3.05) is 39.4 Å². The number of hydrogen-bond donors (Lipinski definition) is 1. The quantitative estimate of drug-likeness (QED) is 0.626. The Morgan fingerprint density at radius 1 is 1.62 bits per heavy atom. The highest BCUT2D eigenvalue weighted by Crippen LogP contribution is 2.13. The molecule has 0 saturated carbocycles. The van der Waals surface area contributed by atoms with Gasteiger partial charge in [-0.1, -0.05) is 0 Å². The Morgan fingerprint density at radius 3 is 3.23 bits per heavy atom. The fourth-order valence-corrected chi connectivity index (χ4v) is 1.94. The average molecular weight is 184 g/mol. The Bertz CT molecular complexity index is 190. The molecule has 0 spiro atoms. The van der Waals surface area contributed by atoms with Gasteiger partial charge in [0.25, 0.3) is 0 Å². The van der Waals surface area contributed by atoms with Crippen LogP contribution in [-0.2, 0) is 9.53 Å². The van der Waals surface area contributed by atoms with Crippen LogP contribution in [0.25, 0.3) is 0 Å². The Balaban J connectivity index is 1.76. The Morgan fingerprint density at radius 2 is 2.54 bits per heavy atom. The van der Waals surface area contributed by atoms with E-state index in [1.807, 2.05) is 0 Å². The minimum Gasteiger partial charge on any atom is -0.381 e.